The Hall–Kier alpha value is -0.770. The summed E-state index contributed by atoms with van der Waals surface area (Å²) >= 11 is 0. The van der Waals surface area contributed by atoms with Crippen molar-refractivity contribution in [1.29, 1.82) is 0 Å². The Morgan fingerprint density at radius 2 is 2.16 bits per heavy atom. The number of benzene rings is 1. The molecule has 0 aromatic heterocycles. The van der Waals surface area contributed by atoms with Gasteiger partial charge in [-0.2, -0.15) is 0 Å². The number of rotatable bonds is 4. The number of hydrogen-bond donors (Lipinski definition) is 1. The summed E-state index contributed by atoms with van der Waals surface area (Å²) in [5.74, 6) is 0.980. The number of likely N-dealkylation sites (tertiary alicyclic amines) is 1. The van der Waals surface area contributed by atoms with Crippen LogP contribution in [0.25, 0.3) is 0 Å². The molecule has 0 spiro atoms. The van der Waals surface area contributed by atoms with Gasteiger partial charge < -0.3 is 10.5 Å². The third kappa shape index (κ3) is 4.10. The third-order valence-electron chi connectivity index (χ3n) is 3.88. The molecule has 19 heavy (non-hydrogen) atoms. The minimum Gasteiger partial charge on any atom is -0.496 e. The van der Waals surface area contributed by atoms with Gasteiger partial charge in [0.25, 0.3) is 0 Å². The number of hydrogen-bond acceptors (Lipinski definition) is 3. The highest BCUT2D eigenvalue weighted by molar-refractivity contribution is 5.85. The standard InChI is InChI=1S/C15H24N2O.ClH/c1-12-6-7-13(9-15(12)18-2)11-17-8-4-3-5-14(17)10-16;/h6-7,9,14H,3-5,8,10-11,16H2,1-2H3;1H. The number of halogens is 1. The Morgan fingerprint density at radius 3 is 2.84 bits per heavy atom. The number of nitrogens with two attached hydrogens (primary N) is 1. The molecule has 1 unspecified atom stereocenters. The first-order valence-corrected chi connectivity index (χ1v) is 6.82. The van der Waals surface area contributed by atoms with E-state index in [0.29, 0.717) is 6.04 Å². The fourth-order valence-corrected chi connectivity index (χ4v) is 2.73. The van der Waals surface area contributed by atoms with Crippen LogP contribution in [0.4, 0.5) is 0 Å². The highest BCUT2D eigenvalue weighted by Crippen LogP contribution is 2.23. The summed E-state index contributed by atoms with van der Waals surface area (Å²) in [4.78, 5) is 2.51. The first-order valence-electron chi connectivity index (χ1n) is 6.82. The molecular formula is C15H25ClN2O. The zero-order chi connectivity index (χ0) is 13.0. The van der Waals surface area contributed by atoms with E-state index >= 15 is 0 Å². The normalized spacial score (nSPS) is 19.8. The van der Waals surface area contributed by atoms with E-state index in [0.717, 1.165) is 25.4 Å². The third-order valence-corrected chi connectivity index (χ3v) is 3.88. The van der Waals surface area contributed by atoms with Crippen LogP contribution in [-0.4, -0.2) is 31.1 Å². The van der Waals surface area contributed by atoms with Gasteiger partial charge in [-0.1, -0.05) is 18.6 Å². The Labute approximate surface area is 122 Å². The van der Waals surface area contributed by atoms with Crippen LogP contribution in [0.2, 0.25) is 0 Å². The summed E-state index contributed by atoms with van der Waals surface area (Å²) in [5.41, 5.74) is 8.37. The zero-order valence-corrected chi connectivity index (χ0v) is 12.7. The molecule has 1 saturated heterocycles. The molecule has 3 nitrogen and oxygen atoms in total. The van der Waals surface area contributed by atoms with E-state index in [1.54, 1.807) is 7.11 Å². The molecule has 1 aliphatic heterocycles. The lowest BCUT2D eigenvalue weighted by molar-refractivity contribution is 0.145. The Kier molecular flexibility index (Phi) is 6.63. The van der Waals surface area contributed by atoms with E-state index in [4.69, 9.17) is 10.5 Å². The molecule has 0 amide bonds. The number of aryl methyl sites for hydroxylation is 1. The van der Waals surface area contributed by atoms with E-state index in [-0.39, 0.29) is 12.4 Å². The summed E-state index contributed by atoms with van der Waals surface area (Å²) in [6.45, 7) is 4.99. The molecule has 108 valence electrons. The largest absolute Gasteiger partial charge is 0.496 e. The molecule has 0 aliphatic carbocycles. The molecule has 1 aromatic rings. The second kappa shape index (κ2) is 7.73. The zero-order valence-electron chi connectivity index (χ0n) is 11.9. The molecule has 1 aromatic carbocycles. The van der Waals surface area contributed by atoms with Crippen LogP contribution in [0.5, 0.6) is 5.75 Å². The summed E-state index contributed by atoms with van der Waals surface area (Å²) in [5, 5.41) is 0. The second-order valence-electron chi connectivity index (χ2n) is 5.16. The average Bonchev–Trinajstić information content (AvgIpc) is 2.41. The SMILES string of the molecule is COc1cc(CN2CCCCC2CN)ccc1C.Cl. The number of methoxy groups -OCH3 is 1. The van der Waals surface area contributed by atoms with Crippen molar-refractivity contribution >= 4 is 12.4 Å². The van der Waals surface area contributed by atoms with E-state index in [1.165, 1.54) is 30.4 Å². The lowest BCUT2D eigenvalue weighted by atomic mass is 10.0. The molecular weight excluding hydrogens is 260 g/mol. The van der Waals surface area contributed by atoms with E-state index in [2.05, 4.69) is 30.0 Å². The average molecular weight is 285 g/mol. The van der Waals surface area contributed by atoms with Crippen LogP contribution in [0, 0.1) is 6.92 Å². The first kappa shape index (κ1) is 16.3. The summed E-state index contributed by atoms with van der Waals surface area (Å²) < 4.78 is 5.38. The van der Waals surface area contributed by atoms with Gasteiger partial charge in [-0.15, -0.1) is 12.4 Å². The van der Waals surface area contributed by atoms with Crippen molar-refractivity contribution in [2.45, 2.75) is 38.8 Å². The Bertz CT molecular complexity index is 398. The minimum absolute atomic E-state index is 0. The van der Waals surface area contributed by atoms with Crippen molar-refractivity contribution in [2.75, 3.05) is 20.2 Å². The predicted octanol–water partition coefficient (Wildman–Crippen LogP) is 2.74. The van der Waals surface area contributed by atoms with Crippen molar-refractivity contribution in [3.8, 4) is 5.75 Å². The van der Waals surface area contributed by atoms with Gasteiger partial charge in [-0.3, -0.25) is 4.90 Å². The molecule has 2 N–H and O–H groups in total. The van der Waals surface area contributed by atoms with Gasteiger partial charge in [0.1, 0.15) is 5.75 Å². The molecule has 1 atom stereocenters. The Morgan fingerprint density at radius 1 is 1.37 bits per heavy atom. The van der Waals surface area contributed by atoms with Gasteiger partial charge >= 0.3 is 0 Å². The Balaban J connectivity index is 0.00000180. The topological polar surface area (TPSA) is 38.5 Å². The quantitative estimate of drug-likeness (QED) is 0.924. The van der Waals surface area contributed by atoms with Crippen LogP contribution < -0.4 is 10.5 Å². The molecule has 0 bridgehead atoms. The predicted molar refractivity (Wildman–Crippen MR) is 82.1 cm³/mol. The van der Waals surface area contributed by atoms with E-state index in [9.17, 15) is 0 Å². The maximum atomic E-state index is 5.86. The number of piperidine rings is 1. The van der Waals surface area contributed by atoms with Crippen LogP contribution in [0.3, 0.4) is 0 Å². The summed E-state index contributed by atoms with van der Waals surface area (Å²) in [7, 11) is 1.73. The fourth-order valence-electron chi connectivity index (χ4n) is 2.73. The lowest BCUT2D eigenvalue weighted by Gasteiger charge is -2.35. The van der Waals surface area contributed by atoms with Crippen molar-refractivity contribution in [2.24, 2.45) is 5.73 Å². The van der Waals surface area contributed by atoms with Gasteiger partial charge in [-0.25, -0.2) is 0 Å². The lowest BCUT2D eigenvalue weighted by Crippen LogP contribution is -2.43. The highest BCUT2D eigenvalue weighted by atomic mass is 35.5. The molecule has 0 radical (unpaired) electrons. The van der Waals surface area contributed by atoms with Gasteiger partial charge in [0.2, 0.25) is 0 Å². The van der Waals surface area contributed by atoms with Crippen LogP contribution in [0.15, 0.2) is 18.2 Å². The molecule has 1 fully saturated rings. The van der Waals surface area contributed by atoms with E-state index < -0.39 is 0 Å². The van der Waals surface area contributed by atoms with Crippen LogP contribution >= 0.6 is 12.4 Å². The van der Waals surface area contributed by atoms with Crippen LogP contribution in [-0.2, 0) is 6.54 Å². The molecule has 2 rings (SSSR count). The van der Waals surface area contributed by atoms with Gasteiger partial charge in [0.05, 0.1) is 7.11 Å². The van der Waals surface area contributed by atoms with Crippen molar-refractivity contribution in [3.05, 3.63) is 29.3 Å². The van der Waals surface area contributed by atoms with Crippen LogP contribution in [0.1, 0.15) is 30.4 Å². The van der Waals surface area contributed by atoms with Gasteiger partial charge in [-0.05, 0) is 43.5 Å². The number of ether oxygens (including phenoxy) is 1. The van der Waals surface area contributed by atoms with Crippen molar-refractivity contribution < 1.29 is 4.74 Å². The smallest absolute Gasteiger partial charge is 0.122 e. The van der Waals surface area contributed by atoms with Crippen molar-refractivity contribution in [3.63, 3.8) is 0 Å². The molecule has 1 aliphatic rings. The van der Waals surface area contributed by atoms with Crippen molar-refractivity contribution in [1.82, 2.24) is 4.90 Å². The first-order chi connectivity index (χ1) is 8.74. The molecule has 4 heteroatoms. The summed E-state index contributed by atoms with van der Waals surface area (Å²) in [6, 6.07) is 7.03. The van der Waals surface area contributed by atoms with E-state index in [1.807, 2.05) is 0 Å². The van der Waals surface area contributed by atoms with Gasteiger partial charge in [0.15, 0.2) is 0 Å². The maximum absolute atomic E-state index is 5.86. The molecule has 0 saturated carbocycles. The maximum Gasteiger partial charge on any atom is 0.122 e. The highest BCUT2D eigenvalue weighted by Gasteiger charge is 2.21. The fraction of sp³-hybridized carbons (Fsp3) is 0.600. The number of nitrogens with zero attached hydrogens (tertiary/aromatic N) is 1. The van der Waals surface area contributed by atoms with Gasteiger partial charge in [0, 0.05) is 19.1 Å². The second-order valence-corrected chi connectivity index (χ2v) is 5.16. The minimum atomic E-state index is 0. The monoisotopic (exact) mass is 284 g/mol. The molecule has 1 heterocycles. The summed E-state index contributed by atoms with van der Waals surface area (Å²) in [6.07, 6.45) is 3.84.